The molecular weight excluding hydrogens is 1530 g/mol. The number of allylic oxidation sites excluding steroid dienone is 34. The largest absolute Gasteiger partial charge is 0.472 e. The van der Waals surface area contributed by atoms with Gasteiger partial charge in [-0.2, -0.15) is 0 Å². The van der Waals surface area contributed by atoms with Crippen molar-refractivity contribution in [3.8, 4) is 0 Å². The minimum Gasteiger partial charge on any atom is -0.463 e. The van der Waals surface area contributed by atoms with E-state index in [9.17, 15) is 43.5 Å². The first-order chi connectivity index (χ1) is 58.2. The molecule has 5 unspecified atom stereocenters. The lowest BCUT2D eigenvalue weighted by molar-refractivity contribution is -0.161. The van der Waals surface area contributed by atoms with Crippen molar-refractivity contribution < 1.29 is 75.8 Å². The molecule has 0 fully saturated rings. The minimum absolute atomic E-state index is 0.0876. The standard InChI is InChI=1S/C101H166O16P2/c1-4-7-10-13-16-19-22-25-28-31-34-37-40-43-45-46-47-48-50-53-54-57-60-63-66-69-72-75-78-81-84-87-99(104)111-90-96(102)91-113-118(107,108)114-92-97(103)93-115-119(109,110)116-95-98(117-101(106)89-86-83-80-77-74-71-68-65-62-59-56-51-42-39-36-33-30-27-24-21-18-15-12-9-6-3)94-112-100(105)88-85-82-79-76-73-70-67-64-61-58-55-52-49-44-41-38-35-32-29-26-23-20-17-14-11-8-5-2/h7-12,16-21,25-30,34-39,43-45,47-49,51,55-56,58,96-98,102-103H,4-6,13-15,22-24,31-33,40-42,46,50,52-54,57,59-95H2,1-3H3,(H,107,108)(H,109,110)/b10-7-,11-8-,12-9-,19-16-,20-17-,21-18-,28-25-,29-26-,30-27-,37-34-,38-35-,39-36-,45-43-,48-47-,49-44-,56-51-,58-55-. The Morgan fingerprint density at radius 1 is 0.235 bits per heavy atom. The summed E-state index contributed by atoms with van der Waals surface area (Å²) in [5.41, 5.74) is 0. The van der Waals surface area contributed by atoms with Crippen LogP contribution in [-0.4, -0.2) is 95.9 Å². The highest BCUT2D eigenvalue weighted by molar-refractivity contribution is 7.47. The quantitative estimate of drug-likeness (QED) is 0.0146. The number of phosphoric acid groups is 2. The summed E-state index contributed by atoms with van der Waals surface area (Å²) in [6, 6.07) is 0. The number of phosphoric ester groups is 2. The molecule has 119 heavy (non-hydrogen) atoms. The Hall–Kier alpha value is -5.87. The molecular formula is C101H166O16P2. The van der Waals surface area contributed by atoms with Crippen molar-refractivity contribution in [2.24, 2.45) is 0 Å². The summed E-state index contributed by atoms with van der Waals surface area (Å²) < 4.78 is 61.5. The first kappa shape index (κ1) is 113. The van der Waals surface area contributed by atoms with Gasteiger partial charge in [0.15, 0.2) is 6.10 Å². The van der Waals surface area contributed by atoms with Crippen molar-refractivity contribution in [3.63, 3.8) is 0 Å². The van der Waals surface area contributed by atoms with Crippen LogP contribution in [0.2, 0.25) is 0 Å². The van der Waals surface area contributed by atoms with Crippen molar-refractivity contribution >= 4 is 33.6 Å². The van der Waals surface area contributed by atoms with Crippen LogP contribution in [-0.2, 0) is 55.8 Å². The molecule has 0 aliphatic rings. The van der Waals surface area contributed by atoms with Crippen LogP contribution in [0.25, 0.3) is 0 Å². The van der Waals surface area contributed by atoms with Crippen LogP contribution >= 0.6 is 15.6 Å². The van der Waals surface area contributed by atoms with Crippen molar-refractivity contribution in [2.75, 3.05) is 39.6 Å². The molecule has 0 spiro atoms. The van der Waals surface area contributed by atoms with Crippen molar-refractivity contribution in [2.45, 2.75) is 373 Å². The van der Waals surface area contributed by atoms with Gasteiger partial charge in [0.05, 0.1) is 26.4 Å². The van der Waals surface area contributed by atoms with Gasteiger partial charge in [0.1, 0.15) is 25.4 Å². The zero-order chi connectivity index (χ0) is 86.5. The average Bonchev–Trinajstić information content (AvgIpc) is 0.905. The topological polar surface area (TPSA) is 231 Å². The Morgan fingerprint density at radius 2 is 0.420 bits per heavy atom. The van der Waals surface area contributed by atoms with Crippen LogP contribution in [0, 0.1) is 0 Å². The van der Waals surface area contributed by atoms with E-state index in [4.69, 9.17) is 32.3 Å². The first-order valence-electron chi connectivity index (χ1n) is 46.4. The number of hydrogen-bond donors (Lipinski definition) is 4. The summed E-state index contributed by atoms with van der Waals surface area (Å²) >= 11 is 0. The molecule has 0 rings (SSSR count). The van der Waals surface area contributed by atoms with E-state index >= 15 is 0 Å². The average molecular weight is 1700 g/mol. The van der Waals surface area contributed by atoms with Gasteiger partial charge in [0.25, 0.3) is 0 Å². The molecule has 0 aromatic rings. The minimum atomic E-state index is -4.95. The number of aliphatic hydroxyl groups excluding tert-OH is 2. The van der Waals surface area contributed by atoms with Crippen LogP contribution in [0.4, 0.5) is 0 Å². The molecule has 0 aliphatic carbocycles. The number of ether oxygens (including phenoxy) is 3. The van der Waals surface area contributed by atoms with E-state index in [-0.39, 0.29) is 19.3 Å². The molecule has 0 saturated heterocycles. The molecule has 4 N–H and O–H groups in total. The van der Waals surface area contributed by atoms with Crippen molar-refractivity contribution in [1.82, 2.24) is 0 Å². The number of esters is 3. The summed E-state index contributed by atoms with van der Waals surface area (Å²) in [7, 11) is -9.83. The molecule has 0 radical (unpaired) electrons. The van der Waals surface area contributed by atoms with Crippen molar-refractivity contribution in [1.29, 1.82) is 0 Å². The summed E-state index contributed by atoms with van der Waals surface area (Å²) in [5, 5.41) is 20.7. The van der Waals surface area contributed by atoms with E-state index in [0.717, 1.165) is 218 Å². The molecule has 0 aromatic heterocycles. The van der Waals surface area contributed by atoms with Gasteiger partial charge in [0, 0.05) is 19.3 Å². The van der Waals surface area contributed by atoms with Crippen molar-refractivity contribution in [3.05, 3.63) is 207 Å². The van der Waals surface area contributed by atoms with Gasteiger partial charge in [-0.05, 0) is 167 Å². The number of rotatable bonds is 86. The van der Waals surface area contributed by atoms with Gasteiger partial charge in [-0.3, -0.25) is 32.5 Å². The Labute approximate surface area is 724 Å². The second-order valence-electron chi connectivity index (χ2n) is 30.3. The van der Waals surface area contributed by atoms with E-state index in [1.807, 2.05) is 0 Å². The number of aliphatic hydroxyl groups is 2. The SMILES string of the molecule is CC/C=C\C/C=C\C/C=C\C/C=C\C/C=C\C/C=C\CCCCCCCCCCCCCCC(=O)OCC(O)COP(=O)(O)OCC(O)COP(=O)(O)OCC(COC(=O)CCCCCCCCCC/C=C\C/C=C\C/C=C\C/C=C\C/C=C\C/C=C\CC)OC(=O)CCCCCCCCCCC/C=C\C/C=C\C/C=C\C/C=C\C/C=C\CC. The third-order valence-corrected chi connectivity index (χ3v) is 20.9. The Balaban J connectivity index is 4.67. The maximum absolute atomic E-state index is 13.1. The molecule has 16 nitrogen and oxygen atoms in total. The van der Waals surface area contributed by atoms with E-state index in [1.165, 1.54) is 77.0 Å². The highest BCUT2D eigenvalue weighted by Gasteiger charge is 2.29. The van der Waals surface area contributed by atoms with Gasteiger partial charge in [-0.25, -0.2) is 9.13 Å². The summed E-state index contributed by atoms with van der Waals surface area (Å²) in [6.45, 7) is 2.34. The first-order valence-corrected chi connectivity index (χ1v) is 49.4. The molecule has 0 heterocycles. The molecule has 0 saturated carbocycles. The maximum atomic E-state index is 13.1. The molecule has 18 heteroatoms. The van der Waals surface area contributed by atoms with Crippen LogP contribution in [0.3, 0.4) is 0 Å². The fraction of sp³-hybridized carbons (Fsp3) is 0.634. The molecule has 5 atom stereocenters. The molecule has 676 valence electrons. The predicted molar refractivity (Wildman–Crippen MR) is 500 cm³/mol. The number of unbranched alkanes of at least 4 members (excludes halogenated alkanes) is 29. The van der Waals surface area contributed by atoms with Gasteiger partial charge in [0.2, 0.25) is 0 Å². The van der Waals surface area contributed by atoms with E-state index in [1.54, 1.807) is 0 Å². The van der Waals surface area contributed by atoms with E-state index < -0.39 is 91.5 Å². The molecule has 0 bridgehead atoms. The second kappa shape index (κ2) is 91.3. The fourth-order valence-electron chi connectivity index (χ4n) is 12.1. The molecule has 0 aromatic carbocycles. The fourth-order valence-corrected chi connectivity index (χ4v) is 13.7. The van der Waals surface area contributed by atoms with E-state index in [2.05, 4.69) is 227 Å². The normalized spacial score (nSPS) is 14.7. The van der Waals surface area contributed by atoms with Gasteiger partial charge >= 0.3 is 33.6 Å². The highest BCUT2D eigenvalue weighted by Crippen LogP contribution is 2.45. The zero-order valence-corrected chi connectivity index (χ0v) is 76.2. The Kier molecular flexibility index (Phi) is 86.8. The van der Waals surface area contributed by atoms with Crippen LogP contribution in [0.15, 0.2) is 207 Å². The lowest BCUT2D eigenvalue weighted by atomic mass is 10.0. The molecule has 0 aliphatic heterocycles. The maximum Gasteiger partial charge on any atom is 0.472 e. The van der Waals surface area contributed by atoms with Gasteiger partial charge < -0.3 is 34.2 Å². The zero-order valence-electron chi connectivity index (χ0n) is 74.5. The van der Waals surface area contributed by atoms with Crippen LogP contribution in [0.1, 0.15) is 355 Å². The van der Waals surface area contributed by atoms with Gasteiger partial charge in [-0.1, -0.05) is 375 Å². The summed E-state index contributed by atoms with van der Waals surface area (Å²) in [5.74, 6) is -1.60. The molecule has 0 amide bonds. The Morgan fingerprint density at radius 3 is 0.664 bits per heavy atom. The number of carbonyl (C=O) groups excluding carboxylic acids is 3. The predicted octanol–water partition coefficient (Wildman–Crippen LogP) is 28.8. The van der Waals surface area contributed by atoms with E-state index in [0.29, 0.717) is 19.3 Å². The highest BCUT2D eigenvalue weighted by atomic mass is 31.2. The summed E-state index contributed by atoms with van der Waals surface area (Å²) in [6.07, 6.45) is 123. The Bertz CT molecular complexity index is 2990. The van der Waals surface area contributed by atoms with Crippen LogP contribution < -0.4 is 0 Å². The number of hydrogen-bond acceptors (Lipinski definition) is 14. The monoisotopic (exact) mass is 1700 g/mol. The third kappa shape index (κ3) is 92.7. The number of carbonyl (C=O) groups is 3. The smallest absolute Gasteiger partial charge is 0.463 e. The summed E-state index contributed by atoms with van der Waals surface area (Å²) in [4.78, 5) is 59.1. The third-order valence-electron chi connectivity index (χ3n) is 19.0. The van der Waals surface area contributed by atoms with Gasteiger partial charge in [-0.15, -0.1) is 0 Å². The van der Waals surface area contributed by atoms with Crippen LogP contribution in [0.5, 0.6) is 0 Å². The lowest BCUT2D eigenvalue weighted by Crippen LogP contribution is -2.30. The lowest BCUT2D eigenvalue weighted by Gasteiger charge is -2.21. The second-order valence-corrected chi connectivity index (χ2v) is 33.2.